The third-order valence-corrected chi connectivity index (χ3v) is 21.1. The number of aliphatic hydroxyl groups is 6. The van der Waals surface area contributed by atoms with Gasteiger partial charge in [0.05, 0.1) is 54.1 Å². The first kappa shape index (κ1) is 85.2. The molecule has 8 aliphatic rings. The molecule has 114 heavy (non-hydrogen) atoms. The Morgan fingerprint density at radius 2 is 1.29 bits per heavy atom. The van der Waals surface area contributed by atoms with Gasteiger partial charge < -0.3 is 148 Å². The molecule has 23 N–H and O–H groups in total. The van der Waals surface area contributed by atoms with Crippen molar-refractivity contribution >= 4 is 58.9 Å². The minimum absolute atomic E-state index is 0.0435. The zero-order valence-electron chi connectivity index (χ0n) is 63.4. The van der Waals surface area contributed by atoms with E-state index in [2.05, 4.69) is 37.2 Å². The van der Waals surface area contributed by atoms with Gasteiger partial charge in [0.1, 0.15) is 89.5 Å². The number of nitrogens with one attached hydrogen (secondary N) is 7. The summed E-state index contributed by atoms with van der Waals surface area (Å²) in [6.45, 7) is 8.44. The molecular weight excluding hydrogens is 1520 g/mol. The highest BCUT2D eigenvalue weighted by Gasteiger charge is 2.52. The minimum atomic E-state index is -2.35. The number of carboxylic acid groups (broad SMARTS) is 1. The lowest BCUT2D eigenvalue weighted by atomic mass is 9.86. The molecule has 5 aromatic rings. The number of benzene rings is 5. The van der Waals surface area contributed by atoms with E-state index in [0.29, 0.717) is 0 Å². The number of halogens is 1. The van der Waals surface area contributed by atoms with Gasteiger partial charge in [-0.3, -0.25) is 33.6 Å². The van der Waals surface area contributed by atoms with Gasteiger partial charge in [-0.25, -0.2) is 4.79 Å². The van der Waals surface area contributed by atoms with Crippen LogP contribution in [0.5, 0.6) is 46.0 Å². The van der Waals surface area contributed by atoms with Gasteiger partial charge in [0.2, 0.25) is 53.4 Å². The Bertz CT molecular complexity index is 4480. The van der Waals surface area contributed by atoms with Crippen molar-refractivity contribution < 1.29 is 127 Å². The quantitative estimate of drug-likeness (QED) is 0.0571. The second-order valence-corrected chi connectivity index (χ2v) is 31.0. The average Bonchev–Trinajstić information content (AvgIpc) is 0.748. The lowest BCUT2D eigenvalue weighted by Crippen LogP contribution is -2.64. The van der Waals surface area contributed by atoms with Crippen LogP contribution in [0.4, 0.5) is 0 Å². The van der Waals surface area contributed by atoms with Crippen LogP contribution in [0.2, 0.25) is 5.02 Å². The maximum absolute atomic E-state index is 16.5. The molecule has 0 spiro atoms. The van der Waals surface area contributed by atoms with Crippen molar-refractivity contribution in [3.8, 4) is 57.1 Å². The molecule has 38 heteroatoms. The number of hydrogen-bond donors (Lipinski definition) is 20. The first-order valence-electron chi connectivity index (χ1n) is 36.7. The van der Waals surface area contributed by atoms with Crippen molar-refractivity contribution in [2.75, 3.05) is 27.7 Å². The van der Waals surface area contributed by atoms with E-state index in [-0.39, 0.29) is 70.5 Å². The number of aromatic hydroxyl groups is 3. The van der Waals surface area contributed by atoms with E-state index in [4.69, 9.17) is 66.7 Å². The van der Waals surface area contributed by atoms with Crippen LogP contribution < -0.4 is 68.6 Å². The van der Waals surface area contributed by atoms with Crippen LogP contribution in [0.15, 0.2) is 78.9 Å². The summed E-state index contributed by atoms with van der Waals surface area (Å²) in [6.07, 6.45) is -22.4. The second-order valence-electron chi connectivity index (χ2n) is 30.6. The summed E-state index contributed by atoms with van der Waals surface area (Å²) in [7, 11) is 4.63. The molecule has 11 bridgehead atoms. The minimum Gasteiger partial charge on any atom is -0.507 e. The summed E-state index contributed by atoms with van der Waals surface area (Å²) < 4.78 is 51.9. The van der Waals surface area contributed by atoms with Gasteiger partial charge in [0, 0.05) is 47.2 Å². The first-order chi connectivity index (χ1) is 53.7. The number of carbonyl (C=O) groups excluding carboxylic acids is 7. The Balaban J connectivity index is 1.19. The van der Waals surface area contributed by atoms with E-state index < -0.39 is 250 Å². The summed E-state index contributed by atoms with van der Waals surface area (Å²) in [5.74, 6) is -15.4. The van der Waals surface area contributed by atoms with Crippen LogP contribution in [0, 0.1) is 5.92 Å². The number of amides is 7. The highest BCUT2D eigenvalue weighted by molar-refractivity contribution is 6.32. The van der Waals surface area contributed by atoms with Crippen LogP contribution >= 0.6 is 11.6 Å². The van der Waals surface area contributed by atoms with Crippen molar-refractivity contribution in [2.24, 2.45) is 23.1 Å². The molecular formula is C76H96ClN11O26. The number of hydrogen-bond acceptors (Lipinski definition) is 29. The Kier molecular flexibility index (Phi) is 25.7. The Morgan fingerprint density at radius 3 is 1.88 bits per heavy atom. The first-order valence-corrected chi connectivity index (χ1v) is 37.1. The molecule has 0 unspecified atom stereocenters. The number of ether oxygens (including phenoxy) is 8. The predicted octanol–water partition coefficient (Wildman–Crippen LogP) is -0.248. The van der Waals surface area contributed by atoms with Crippen molar-refractivity contribution in [3.05, 3.63) is 117 Å². The van der Waals surface area contributed by atoms with Crippen LogP contribution in [0.3, 0.4) is 0 Å². The number of likely N-dealkylation sites (N-methyl/N-ethyl adjacent to an activating group) is 1. The lowest BCUT2D eigenvalue weighted by Gasteiger charge is -2.47. The molecule has 37 nitrogen and oxygen atoms in total. The fraction of sp³-hybridized carbons (Fsp3) is 0.500. The van der Waals surface area contributed by atoms with Crippen LogP contribution in [-0.2, 0) is 68.6 Å². The van der Waals surface area contributed by atoms with E-state index in [1.54, 1.807) is 14.1 Å². The number of nitrogens with zero attached hydrogens (tertiary/aromatic N) is 1. The topological polar surface area (TPSA) is 578 Å². The number of primary amides is 1. The van der Waals surface area contributed by atoms with Crippen molar-refractivity contribution in [3.63, 3.8) is 0 Å². The zero-order valence-corrected chi connectivity index (χ0v) is 64.2. The van der Waals surface area contributed by atoms with E-state index in [1.807, 2.05) is 13.8 Å². The lowest BCUT2D eigenvalue weighted by molar-refractivity contribution is -0.333. The fourth-order valence-corrected chi connectivity index (χ4v) is 15.0. The predicted molar refractivity (Wildman–Crippen MR) is 398 cm³/mol. The Hall–Kier alpha value is -9.65. The van der Waals surface area contributed by atoms with E-state index in [9.17, 15) is 65.4 Å². The monoisotopic (exact) mass is 1610 g/mol. The molecule has 5 aromatic carbocycles. The SMILES string of the molecule is CN[C@H](CC(C)C)C(=O)N[C@H]1C(=O)N[C@@H](CC(N)=O)C(=O)N[C@H]2C(=O)N[C@H]3C(=O)N[C@H](C(=O)N[C@H](C(=O)O)c4cc(O)c(CN(C)C)c(O)c4-c4cc3ccc4O)[C@H](O[C@H]3C[C@@](C)(N)[C@@H](O)[C@H](C)O3)c3ccc(cc3)Oc3cc2cc(c3O[C@@H]2O[C@H](CO)[C@@H](O)[C@H](O)[C@H]2O[C@H]2C[C@](C)(N)[C@@H](O)[C@H](C)O2)Oc2ccc(cc2Cl)[C@H]1O. The summed E-state index contributed by atoms with van der Waals surface area (Å²) in [5, 5.41) is 134. The molecule has 618 valence electrons. The molecule has 0 aromatic heterocycles. The molecule has 22 atom stereocenters. The molecule has 8 aliphatic heterocycles. The number of phenols is 3. The maximum Gasteiger partial charge on any atom is 0.330 e. The number of rotatable bonds is 17. The summed E-state index contributed by atoms with van der Waals surface area (Å²) >= 11 is 7.16. The highest BCUT2D eigenvalue weighted by atomic mass is 35.5. The molecule has 8 heterocycles. The Labute approximate surface area is 657 Å². The summed E-state index contributed by atoms with van der Waals surface area (Å²) in [5.41, 5.74) is 13.5. The number of fused-ring (bicyclic) bond motifs is 15. The summed E-state index contributed by atoms with van der Waals surface area (Å²) in [6, 6.07) is 0.816. The van der Waals surface area contributed by atoms with E-state index in [1.165, 1.54) is 76.0 Å². The van der Waals surface area contributed by atoms with Gasteiger partial charge in [-0.2, -0.15) is 0 Å². The number of aliphatic hydroxyl groups excluding tert-OH is 6. The molecule has 7 amide bonds. The smallest absolute Gasteiger partial charge is 0.330 e. The summed E-state index contributed by atoms with van der Waals surface area (Å²) in [4.78, 5) is 122. The van der Waals surface area contributed by atoms with Crippen LogP contribution in [-0.4, -0.2) is 234 Å². The Morgan fingerprint density at radius 1 is 0.693 bits per heavy atom. The standard InChI is InChI=1S/C76H96ClN11O26/c1-29(2)18-41(81-7)67(99)86-56-58(93)34-13-17-45(40(77)20-34)110-47-22-35-21-46(63(47)114-74-64(61(96)60(95)48(28-89)111-74)113-51-26-76(6,80)66(98)31(4)108-51)109-36-14-10-32(11-15-36)62(112-50-25-75(5,79)65(97)30(3)107-50)57-72(104)85-55(73(105)106)38-23-44(91)39(27-88(8)9)59(94)52(38)37-19-33(12-16-43(37)90)53(69(101)87-57)84-70(102)54(35)83-68(100)42(24-49(78)92)82-71(56)103/h10-17,19-23,29-31,41-42,48,50-51,53-58,60-62,64-66,74,81,89-91,93-98H,18,24-28,79-80H2,1-9H3,(H2,78,92)(H,82,103)(H,83,100)(H,84,102)(H,85,104)(H,86,99)(H,87,101)(H,105,106)/t30-,31-,41+,42-,48+,50-,51-,53+,54+,55-,56+,57-,58+,60+,61-,62+,64+,65-,66-,74-,75+,76-/m0/s1. The third-order valence-electron chi connectivity index (χ3n) is 20.8. The normalized spacial score (nSPS) is 31.6. The number of aliphatic carboxylic acids is 1. The van der Waals surface area contributed by atoms with Crippen molar-refractivity contribution in [1.29, 1.82) is 0 Å². The van der Waals surface area contributed by atoms with Crippen molar-refractivity contribution in [1.82, 2.24) is 42.1 Å². The van der Waals surface area contributed by atoms with Gasteiger partial charge in [0.25, 0.3) is 0 Å². The van der Waals surface area contributed by atoms with Crippen LogP contribution in [0.1, 0.15) is 131 Å². The molecule has 13 rings (SSSR count). The van der Waals surface area contributed by atoms with Crippen LogP contribution in [0.25, 0.3) is 11.1 Å². The van der Waals surface area contributed by atoms with Gasteiger partial charge in [0.15, 0.2) is 36.2 Å². The molecule has 0 saturated carbocycles. The number of phenolic OH excluding ortho intramolecular Hbond substituents is 3. The maximum atomic E-state index is 16.5. The fourth-order valence-electron chi connectivity index (χ4n) is 14.8. The number of carbonyl (C=O) groups is 8. The van der Waals surface area contributed by atoms with E-state index in [0.717, 1.165) is 42.5 Å². The van der Waals surface area contributed by atoms with Crippen molar-refractivity contribution in [2.45, 2.75) is 207 Å². The molecule has 3 saturated heterocycles. The van der Waals surface area contributed by atoms with Gasteiger partial charge >= 0.3 is 5.97 Å². The van der Waals surface area contributed by atoms with E-state index >= 15 is 24.0 Å². The van der Waals surface area contributed by atoms with Gasteiger partial charge in [-0.15, -0.1) is 0 Å². The second kappa shape index (κ2) is 34.4. The zero-order chi connectivity index (χ0) is 83.2. The number of carboxylic acids is 1. The molecule has 0 radical (unpaired) electrons. The number of nitrogens with two attached hydrogens (primary N) is 3. The van der Waals surface area contributed by atoms with Gasteiger partial charge in [-0.1, -0.05) is 49.7 Å². The third kappa shape index (κ3) is 18.2. The van der Waals surface area contributed by atoms with Gasteiger partial charge in [-0.05, 0) is 138 Å². The average molecular weight is 1620 g/mol. The highest BCUT2D eigenvalue weighted by Crippen LogP contribution is 2.51. The molecule has 3 fully saturated rings. The molecule has 0 aliphatic carbocycles. The largest absolute Gasteiger partial charge is 0.507 e.